The molecule has 0 bridgehead atoms. The van der Waals surface area contributed by atoms with Crippen molar-refractivity contribution in [2.75, 3.05) is 12.2 Å². The van der Waals surface area contributed by atoms with Crippen molar-refractivity contribution in [2.24, 2.45) is 0 Å². The third-order valence-corrected chi connectivity index (χ3v) is 1.66. The molecule has 0 aliphatic heterocycles. The van der Waals surface area contributed by atoms with Gasteiger partial charge in [0, 0.05) is 6.07 Å². The van der Waals surface area contributed by atoms with Gasteiger partial charge in [0.2, 0.25) is 0 Å². The molecule has 0 aliphatic carbocycles. The van der Waals surface area contributed by atoms with Crippen molar-refractivity contribution in [3.8, 4) is 5.75 Å². The van der Waals surface area contributed by atoms with Crippen LogP contribution in [-0.4, -0.2) is 12.5 Å². The normalized spacial score (nSPS) is 9.71. The fraction of sp³-hybridized carbons (Fsp3) is 0.125. The van der Waals surface area contributed by atoms with E-state index < -0.39 is 11.2 Å². The van der Waals surface area contributed by atoms with E-state index >= 15 is 0 Å². The van der Waals surface area contributed by atoms with Gasteiger partial charge in [-0.1, -0.05) is 4.48 Å². The SMILES string of the molecule is COc1cc(N(F)C(=O)Cl)ccc1F. The Balaban J connectivity index is 3.06. The zero-order valence-electron chi connectivity index (χ0n) is 7.13. The Morgan fingerprint density at radius 2 is 2.21 bits per heavy atom. The van der Waals surface area contributed by atoms with Gasteiger partial charge in [-0.25, -0.2) is 4.39 Å². The molecule has 1 rings (SSSR count). The molecule has 0 saturated carbocycles. The van der Waals surface area contributed by atoms with Crippen molar-refractivity contribution >= 4 is 22.7 Å². The highest BCUT2D eigenvalue weighted by molar-refractivity contribution is 6.65. The van der Waals surface area contributed by atoms with Gasteiger partial charge >= 0.3 is 5.37 Å². The minimum atomic E-state index is -1.31. The first kappa shape index (κ1) is 10.7. The lowest BCUT2D eigenvalue weighted by Crippen LogP contribution is -2.14. The van der Waals surface area contributed by atoms with E-state index in [9.17, 15) is 13.7 Å². The van der Waals surface area contributed by atoms with Crippen molar-refractivity contribution < 1.29 is 18.4 Å². The average molecular weight is 222 g/mol. The molecule has 0 atom stereocenters. The first-order valence-corrected chi connectivity index (χ1v) is 3.93. The molecule has 6 heteroatoms. The Morgan fingerprint density at radius 1 is 1.57 bits per heavy atom. The molecule has 0 aromatic heterocycles. The molecule has 0 fully saturated rings. The van der Waals surface area contributed by atoms with Crippen molar-refractivity contribution in [1.82, 2.24) is 0 Å². The number of carbonyl (C=O) groups is 1. The number of nitrogens with zero attached hydrogens (tertiary/aromatic N) is 1. The largest absolute Gasteiger partial charge is 0.494 e. The van der Waals surface area contributed by atoms with Crippen molar-refractivity contribution in [3.05, 3.63) is 24.0 Å². The Labute approximate surface area is 83.8 Å². The van der Waals surface area contributed by atoms with E-state index in [0.29, 0.717) is 0 Å². The van der Waals surface area contributed by atoms with Gasteiger partial charge in [0.05, 0.1) is 12.8 Å². The Kier molecular flexibility index (Phi) is 3.24. The van der Waals surface area contributed by atoms with Crippen LogP contribution in [0, 0.1) is 5.82 Å². The number of hydrogen-bond acceptors (Lipinski definition) is 2. The number of hydrogen-bond donors (Lipinski definition) is 0. The first-order chi connectivity index (χ1) is 6.56. The molecule has 14 heavy (non-hydrogen) atoms. The molecular weight excluding hydrogens is 216 g/mol. The molecule has 0 radical (unpaired) electrons. The van der Waals surface area contributed by atoms with E-state index in [2.05, 4.69) is 4.74 Å². The minimum absolute atomic E-state index is 0.164. The Bertz CT molecular complexity index is 359. The molecule has 0 unspecified atom stereocenters. The number of rotatable bonds is 2. The van der Waals surface area contributed by atoms with E-state index in [1.165, 1.54) is 7.11 Å². The average Bonchev–Trinajstić information content (AvgIpc) is 2.17. The van der Waals surface area contributed by atoms with Crippen LogP contribution < -0.4 is 9.86 Å². The lowest BCUT2D eigenvalue weighted by atomic mass is 10.3. The van der Waals surface area contributed by atoms with E-state index in [1.54, 1.807) is 0 Å². The van der Waals surface area contributed by atoms with Crippen LogP contribution in [0.4, 0.5) is 19.4 Å². The van der Waals surface area contributed by atoms with Gasteiger partial charge in [0.15, 0.2) is 11.6 Å². The Hall–Kier alpha value is -1.36. The number of methoxy groups -OCH3 is 1. The van der Waals surface area contributed by atoms with Crippen LogP contribution in [0.25, 0.3) is 0 Å². The van der Waals surface area contributed by atoms with E-state index in [1.807, 2.05) is 0 Å². The lowest BCUT2D eigenvalue weighted by molar-refractivity contribution is 0.253. The molecule has 1 amide bonds. The number of halogens is 3. The topological polar surface area (TPSA) is 29.5 Å². The molecule has 1 aromatic rings. The number of carbonyl (C=O) groups excluding carboxylic acids is 1. The molecule has 1 aromatic carbocycles. The van der Waals surface area contributed by atoms with Crippen LogP contribution in [0.5, 0.6) is 5.75 Å². The molecule has 0 N–H and O–H groups in total. The lowest BCUT2D eigenvalue weighted by Gasteiger charge is -2.09. The van der Waals surface area contributed by atoms with Gasteiger partial charge in [-0.2, -0.15) is 0 Å². The Morgan fingerprint density at radius 3 is 2.71 bits per heavy atom. The van der Waals surface area contributed by atoms with Crippen molar-refractivity contribution in [3.63, 3.8) is 0 Å². The molecule has 0 spiro atoms. The van der Waals surface area contributed by atoms with Gasteiger partial charge in [0.25, 0.3) is 0 Å². The van der Waals surface area contributed by atoms with Crippen LogP contribution in [0.1, 0.15) is 0 Å². The summed E-state index contributed by atoms with van der Waals surface area (Å²) in [7, 11) is 1.23. The standard InChI is InChI=1S/C8H6ClF2NO2/c1-14-7-4-5(2-3-6(7)10)12(11)8(9)13/h2-4H,1H3. The number of anilines is 1. The second kappa shape index (κ2) is 4.23. The summed E-state index contributed by atoms with van der Waals surface area (Å²) in [5.41, 5.74) is -0.191. The molecule has 0 heterocycles. The summed E-state index contributed by atoms with van der Waals surface area (Å²) in [6, 6.07) is 3.06. The van der Waals surface area contributed by atoms with Crippen molar-refractivity contribution in [2.45, 2.75) is 0 Å². The van der Waals surface area contributed by atoms with Crippen molar-refractivity contribution in [1.29, 1.82) is 0 Å². The van der Waals surface area contributed by atoms with Gasteiger partial charge in [0.1, 0.15) is 0 Å². The number of amides is 1. The highest BCUT2D eigenvalue weighted by Crippen LogP contribution is 2.25. The third-order valence-electron chi connectivity index (χ3n) is 1.52. The van der Waals surface area contributed by atoms with Gasteiger partial charge in [-0.05, 0) is 23.7 Å². The minimum Gasteiger partial charge on any atom is -0.494 e. The quantitative estimate of drug-likeness (QED) is 0.437. The monoisotopic (exact) mass is 221 g/mol. The smallest absolute Gasteiger partial charge is 0.349 e. The summed E-state index contributed by atoms with van der Waals surface area (Å²) in [5, 5.41) is -1.62. The molecule has 76 valence electrons. The fourth-order valence-corrected chi connectivity index (χ4v) is 0.970. The van der Waals surface area contributed by atoms with Crippen LogP contribution in [0.3, 0.4) is 0 Å². The summed E-state index contributed by atoms with van der Waals surface area (Å²) in [6.07, 6.45) is 0. The van der Waals surface area contributed by atoms with Crippen LogP contribution in [-0.2, 0) is 0 Å². The summed E-state index contributed by atoms with van der Waals surface area (Å²) >= 11 is 4.88. The molecule has 0 aliphatic rings. The predicted octanol–water partition coefficient (Wildman–Crippen LogP) is 2.88. The highest BCUT2D eigenvalue weighted by atomic mass is 35.5. The second-order valence-electron chi connectivity index (χ2n) is 2.35. The molecular formula is C8H6ClF2NO2. The predicted molar refractivity (Wildman–Crippen MR) is 47.8 cm³/mol. The fourth-order valence-electron chi connectivity index (χ4n) is 0.872. The molecule has 3 nitrogen and oxygen atoms in total. The van der Waals surface area contributed by atoms with E-state index in [-0.39, 0.29) is 16.6 Å². The maximum atomic E-state index is 12.9. The molecule has 0 saturated heterocycles. The summed E-state index contributed by atoms with van der Waals surface area (Å²) < 4.78 is 30.3. The van der Waals surface area contributed by atoms with E-state index in [4.69, 9.17) is 11.6 Å². The number of ether oxygens (including phenoxy) is 1. The summed E-state index contributed by atoms with van der Waals surface area (Å²) in [5.74, 6) is -0.810. The third kappa shape index (κ3) is 2.11. The second-order valence-corrected chi connectivity index (χ2v) is 2.68. The zero-order chi connectivity index (χ0) is 10.7. The number of benzene rings is 1. The van der Waals surface area contributed by atoms with Crippen LogP contribution in [0.2, 0.25) is 0 Å². The van der Waals surface area contributed by atoms with Gasteiger partial charge in [-0.3, -0.25) is 4.79 Å². The van der Waals surface area contributed by atoms with Crippen LogP contribution >= 0.6 is 11.6 Å². The zero-order valence-corrected chi connectivity index (χ0v) is 7.89. The summed E-state index contributed by atoms with van der Waals surface area (Å²) in [4.78, 5) is 10.4. The van der Waals surface area contributed by atoms with E-state index in [0.717, 1.165) is 18.2 Å². The van der Waals surface area contributed by atoms with Gasteiger partial charge < -0.3 is 4.74 Å². The highest BCUT2D eigenvalue weighted by Gasteiger charge is 2.14. The van der Waals surface area contributed by atoms with Crippen LogP contribution in [0.15, 0.2) is 18.2 Å². The maximum absolute atomic E-state index is 12.9. The maximum Gasteiger partial charge on any atom is 0.349 e. The van der Waals surface area contributed by atoms with Gasteiger partial charge in [-0.15, -0.1) is 5.12 Å². The summed E-state index contributed by atoms with van der Waals surface area (Å²) in [6.45, 7) is 0. The first-order valence-electron chi connectivity index (χ1n) is 3.55.